The van der Waals surface area contributed by atoms with Crippen LogP contribution in [0.15, 0.2) is 47.3 Å². The Morgan fingerprint density at radius 2 is 1.93 bits per heavy atom. The van der Waals surface area contributed by atoms with Crippen LogP contribution in [-0.4, -0.2) is 47.7 Å². The number of aromatic nitrogens is 1. The third-order valence-electron chi connectivity index (χ3n) is 6.22. The van der Waals surface area contributed by atoms with Gasteiger partial charge in [0.15, 0.2) is 0 Å². The summed E-state index contributed by atoms with van der Waals surface area (Å²) in [6.45, 7) is 3.70. The fourth-order valence-corrected chi connectivity index (χ4v) is 4.82. The molecule has 3 aliphatic heterocycles. The highest BCUT2D eigenvalue weighted by Gasteiger charge is 2.34. The normalized spacial score (nSPS) is 26.0. The lowest BCUT2D eigenvalue weighted by atomic mass is 9.84. The first-order chi connectivity index (χ1) is 13.7. The van der Waals surface area contributed by atoms with Gasteiger partial charge in [-0.25, -0.2) is 0 Å². The van der Waals surface area contributed by atoms with Gasteiger partial charge in [-0.2, -0.15) is 0 Å². The number of rotatable bonds is 3. The molecule has 1 aromatic carbocycles. The Balaban J connectivity index is 1.34. The molecule has 2 saturated heterocycles. The first kappa shape index (κ1) is 17.5. The number of benzene rings is 1. The topological polar surface area (TPSA) is 63.6 Å². The van der Waals surface area contributed by atoms with E-state index in [1.165, 1.54) is 0 Å². The van der Waals surface area contributed by atoms with Crippen LogP contribution in [0.5, 0.6) is 5.75 Å². The molecule has 2 aromatic rings. The number of para-hydroxylation sites is 1. The largest absolute Gasteiger partial charge is 0.489 e. The van der Waals surface area contributed by atoms with Crippen LogP contribution in [0.2, 0.25) is 0 Å². The van der Waals surface area contributed by atoms with E-state index < -0.39 is 0 Å². The standard InChI is InChI=1S/C22H25N3O3/c26-21(24-9-8-18(14-24)28-17-4-2-1-3-5-17)19-6-7-20-16-10-15(11-23-12-16)13-25(20)22(19)27/h1-7,15-16,18,23H,8-14H2/t15-,16+,18+/m0/s1. The summed E-state index contributed by atoms with van der Waals surface area (Å²) in [7, 11) is 0. The van der Waals surface area contributed by atoms with Crippen molar-refractivity contribution < 1.29 is 9.53 Å². The molecule has 5 rings (SSSR count). The summed E-state index contributed by atoms with van der Waals surface area (Å²) in [4.78, 5) is 27.9. The smallest absolute Gasteiger partial charge is 0.263 e. The number of nitrogens with zero attached hydrogens (tertiary/aromatic N) is 2. The Morgan fingerprint density at radius 1 is 1.07 bits per heavy atom. The monoisotopic (exact) mass is 379 g/mol. The molecule has 4 heterocycles. The van der Waals surface area contributed by atoms with Gasteiger partial charge in [0.1, 0.15) is 17.4 Å². The maximum absolute atomic E-state index is 13.1. The molecule has 146 valence electrons. The van der Waals surface area contributed by atoms with E-state index in [9.17, 15) is 9.59 Å². The summed E-state index contributed by atoms with van der Waals surface area (Å²) < 4.78 is 7.83. The van der Waals surface area contributed by atoms with Crippen molar-refractivity contribution in [2.24, 2.45) is 5.92 Å². The van der Waals surface area contributed by atoms with Gasteiger partial charge in [-0.05, 0) is 43.1 Å². The van der Waals surface area contributed by atoms with E-state index in [0.717, 1.165) is 37.4 Å². The molecule has 0 unspecified atom stereocenters. The number of amides is 1. The lowest BCUT2D eigenvalue weighted by Crippen LogP contribution is -2.46. The zero-order valence-corrected chi connectivity index (χ0v) is 15.8. The molecule has 0 aliphatic carbocycles. The molecule has 0 saturated carbocycles. The zero-order valence-electron chi connectivity index (χ0n) is 15.8. The van der Waals surface area contributed by atoms with Crippen molar-refractivity contribution in [1.29, 1.82) is 0 Å². The van der Waals surface area contributed by atoms with Crippen LogP contribution in [0.1, 0.15) is 34.8 Å². The maximum Gasteiger partial charge on any atom is 0.263 e. The van der Waals surface area contributed by atoms with Crippen molar-refractivity contribution in [3.05, 3.63) is 64.1 Å². The van der Waals surface area contributed by atoms with Crippen molar-refractivity contribution in [3.8, 4) is 5.75 Å². The lowest BCUT2D eigenvalue weighted by molar-refractivity contribution is 0.0769. The molecule has 28 heavy (non-hydrogen) atoms. The van der Waals surface area contributed by atoms with Crippen LogP contribution in [0, 0.1) is 5.92 Å². The van der Waals surface area contributed by atoms with Crippen LogP contribution in [0.4, 0.5) is 0 Å². The average Bonchev–Trinajstić information content (AvgIpc) is 3.18. The molecule has 3 aliphatic rings. The molecule has 2 bridgehead atoms. The molecule has 1 aromatic heterocycles. The molecule has 3 atom stereocenters. The summed E-state index contributed by atoms with van der Waals surface area (Å²) in [5, 5.41) is 3.45. The lowest BCUT2D eigenvalue weighted by Gasteiger charge is -2.37. The number of likely N-dealkylation sites (tertiary alicyclic amines) is 1. The van der Waals surface area contributed by atoms with E-state index in [2.05, 4.69) is 5.32 Å². The van der Waals surface area contributed by atoms with Gasteiger partial charge in [0, 0.05) is 37.7 Å². The second kappa shape index (κ2) is 7.09. The van der Waals surface area contributed by atoms with Crippen LogP contribution in [-0.2, 0) is 6.54 Å². The van der Waals surface area contributed by atoms with Crippen molar-refractivity contribution in [3.63, 3.8) is 0 Å². The van der Waals surface area contributed by atoms with E-state index in [1.54, 1.807) is 11.0 Å². The average molecular weight is 379 g/mol. The summed E-state index contributed by atoms with van der Waals surface area (Å²) in [5.41, 5.74) is 1.22. The molecule has 1 N–H and O–H groups in total. The fourth-order valence-electron chi connectivity index (χ4n) is 4.82. The Hall–Kier alpha value is -2.60. The number of hydrogen-bond donors (Lipinski definition) is 1. The quantitative estimate of drug-likeness (QED) is 0.884. The van der Waals surface area contributed by atoms with Crippen molar-refractivity contribution in [2.45, 2.75) is 31.4 Å². The summed E-state index contributed by atoms with van der Waals surface area (Å²) in [5.74, 6) is 1.49. The molecule has 2 fully saturated rings. The second-order valence-corrected chi connectivity index (χ2v) is 8.14. The van der Waals surface area contributed by atoms with Crippen molar-refractivity contribution in [1.82, 2.24) is 14.8 Å². The Bertz CT molecular complexity index is 940. The van der Waals surface area contributed by atoms with Gasteiger partial charge >= 0.3 is 0 Å². The van der Waals surface area contributed by atoms with Gasteiger partial charge in [0.25, 0.3) is 11.5 Å². The van der Waals surface area contributed by atoms with E-state index in [-0.39, 0.29) is 23.1 Å². The number of fused-ring (bicyclic) bond motifs is 4. The highest BCUT2D eigenvalue weighted by Crippen LogP contribution is 2.32. The molecule has 0 radical (unpaired) electrons. The predicted octanol–water partition coefficient (Wildman–Crippen LogP) is 1.85. The predicted molar refractivity (Wildman–Crippen MR) is 106 cm³/mol. The van der Waals surface area contributed by atoms with Crippen LogP contribution in [0.25, 0.3) is 0 Å². The van der Waals surface area contributed by atoms with Crippen LogP contribution < -0.4 is 15.6 Å². The minimum Gasteiger partial charge on any atom is -0.489 e. The van der Waals surface area contributed by atoms with E-state index in [4.69, 9.17) is 4.74 Å². The van der Waals surface area contributed by atoms with Gasteiger partial charge in [-0.15, -0.1) is 0 Å². The molecule has 6 heteroatoms. The number of ether oxygens (including phenoxy) is 1. The van der Waals surface area contributed by atoms with E-state index in [1.807, 2.05) is 41.0 Å². The number of hydrogen-bond acceptors (Lipinski definition) is 4. The van der Waals surface area contributed by atoms with Gasteiger partial charge < -0.3 is 19.5 Å². The molecular formula is C22H25N3O3. The fraction of sp³-hybridized carbons (Fsp3) is 0.455. The highest BCUT2D eigenvalue weighted by atomic mass is 16.5. The van der Waals surface area contributed by atoms with E-state index >= 15 is 0 Å². The highest BCUT2D eigenvalue weighted by molar-refractivity contribution is 5.94. The van der Waals surface area contributed by atoms with E-state index in [0.29, 0.717) is 31.5 Å². The van der Waals surface area contributed by atoms with Gasteiger partial charge in [-0.1, -0.05) is 18.2 Å². The first-order valence-electron chi connectivity index (χ1n) is 10.1. The SMILES string of the molecule is O=C(c1ccc2n(c1=O)C[C@@H]1CNC[C@H]2C1)N1CC[C@@H](Oc2ccccc2)C1. The Labute approximate surface area is 164 Å². The molecule has 6 nitrogen and oxygen atoms in total. The van der Waals surface area contributed by atoms with Gasteiger partial charge in [0.2, 0.25) is 0 Å². The summed E-state index contributed by atoms with van der Waals surface area (Å²) in [6, 6.07) is 13.4. The minimum atomic E-state index is -0.173. The third-order valence-corrected chi connectivity index (χ3v) is 6.22. The van der Waals surface area contributed by atoms with Gasteiger partial charge in [0.05, 0.1) is 6.54 Å². The molecular weight excluding hydrogens is 354 g/mol. The van der Waals surface area contributed by atoms with Crippen molar-refractivity contribution in [2.75, 3.05) is 26.2 Å². The van der Waals surface area contributed by atoms with Crippen LogP contribution >= 0.6 is 0 Å². The zero-order chi connectivity index (χ0) is 19.1. The number of nitrogens with one attached hydrogen (secondary N) is 1. The number of pyridine rings is 1. The number of carbonyl (C=O) groups is 1. The summed E-state index contributed by atoms with van der Waals surface area (Å²) >= 11 is 0. The van der Waals surface area contributed by atoms with Crippen molar-refractivity contribution >= 4 is 5.91 Å². The third kappa shape index (κ3) is 3.11. The molecule has 0 spiro atoms. The Morgan fingerprint density at radius 3 is 2.79 bits per heavy atom. The van der Waals surface area contributed by atoms with Gasteiger partial charge in [-0.3, -0.25) is 9.59 Å². The Kier molecular flexibility index (Phi) is 4.43. The second-order valence-electron chi connectivity index (χ2n) is 8.14. The number of piperidine rings is 1. The summed E-state index contributed by atoms with van der Waals surface area (Å²) in [6.07, 6.45) is 1.88. The number of carbonyl (C=O) groups excluding carboxylic acids is 1. The van der Waals surface area contributed by atoms with Crippen LogP contribution in [0.3, 0.4) is 0 Å². The maximum atomic E-state index is 13.1. The molecule has 1 amide bonds. The minimum absolute atomic E-state index is 0.0304. The first-order valence-corrected chi connectivity index (χ1v) is 10.1.